The predicted octanol–water partition coefficient (Wildman–Crippen LogP) is 16.2. The van der Waals surface area contributed by atoms with Gasteiger partial charge >= 0.3 is 0 Å². The molecule has 0 aliphatic heterocycles. The molecule has 0 N–H and O–H groups in total. The van der Waals surface area contributed by atoms with Gasteiger partial charge in [0.1, 0.15) is 0 Å². The first-order valence-corrected chi connectivity index (χ1v) is 20.8. The summed E-state index contributed by atoms with van der Waals surface area (Å²) >= 11 is 0. The number of fused-ring (bicyclic) bond motifs is 7. The number of benzene rings is 9. The van der Waals surface area contributed by atoms with Crippen LogP contribution in [0.4, 0.5) is 0 Å². The lowest BCUT2D eigenvalue weighted by Gasteiger charge is -2.16. The third-order valence-corrected chi connectivity index (χ3v) is 11.6. The summed E-state index contributed by atoms with van der Waals surface area (Å²) < 4.78 is 4.88. The van der Waals surface area contributed by atoms with Crippen molar-refractivity contribution >= 4 is 54.4 Å². The molecule has 0 aliphatic carbocycles. The summed E-state index contributed by atoms with van der Waals surface area (Å²) in [5, 5.41) is 7.50. The Morgan fingerprint density at radius 2 is 0.850 bits per heavy atom. The summed E-state index contributed by atoms with van der Waals surface area (Å²) in [6.45, 7) is 4.00. The Balaban J connectivity index is 0.000000675. The Hall–Kier alpha value is -7.68. The largest absolute Gasteiger partial charge is 0.309 e. The van der Waals surface area contributed by atoms with Crippen molar-refractivity contribution in [3.05, 3.63) is 231 Å². The second kappa shape index (κ2) is 15.9. The van der Waals surface area contributed by atoms with Gasteiger partial charge in [0.25, 0.3) is 0 Å². The van der Waals surface area contributed by atoms with E-state index in [1.54, 1.807) is 0 Å². The fourth-order valence-electron chi connectivity index (χ4n) is 8.87. The van der Waals surface area contributed by atoms with E-state index in [4.69, 9.17) is 0 Å². The Morgan fingerprint density at radius 3 is 1.65 bits per heavy atom. The molecule has 0 amide bonds. The molecule has 0 saturated carbocycles. The monoisotopic (exact) mass is 768 g/mol. The van der Waals surface area contributed by atoms with Crippen molar-refractivity contribution in [2.75, 3.05) is 0 Å². The molecule has 0 radical (unpaired) electrons. The third-order valence-electron chi connectivity index (χ3n) is 11.6. The van der Waals surface area contributed by atoms with Crippen LogP contribution < -0.4 is 0 Å². The Labute approximate surface area is 351 Å². The van der Waals surface area contributed by atoms with E-state index in [0.717, 1.165) is 5.69 Å². The third kappa shape index (κ3) is 6.49. The van der Waals surface area contributed by atoms with Gasteiger partial charge in [-0.25, -0.2) is 0 Å². The van der Waals surface area contributed by atoms with Crippen molar-refractivity contribution < 1.29 is 0 Å². The van der Waals surface area contributed by atoms with Gasteiger partial charge in [-0.05, 0) is 101 Å². The van der Waals surface area contributed by atoms with Crippen molar-refractivity contribution in [1.82, 2.24) is 9.13 Å². The molecule has 9 aromatic carbocycles. The Bertz CT molecular complexity index is 3380. The first-order valence-electron chi connectivity index (χ1n) is 20.8. The fourth-order valence-corrected chi connectivity index (χ4v) is 8.87. The SMILES string of the molecule is C/C=C\C=C/C.c1ccc(-c2cccc(-n3c4ccccc4c4cc(-c5ccc6c7ccccc7n(-c7ccccc7-c7cccc8ccccc78)c6c5)ccc43)c2)cc1. The zero-order chi connectivity index (χ0) is 40.4. The average Bonchev–Trinajstić information content (AvgIpc) is 3.83. The predicted molar refractivity (Wildman–Crippen MR) is 259 cm³/mol. The molecule has 2 heteroatoms. The highest BCUT2D eigenvalue weighted by Gasteiger charge is 2.18. The van der Waals surface area contributed by atoms with Crippen molar-refractivity contribution in [3.63, 3.8) is 0 Å². The quantitative estimate of drug-likeness (QED) is 0.149. The first-order chi connectivity index (χ1) is 29.7. The molecule has 11 aromatic rings. The standard InChI is InChI=1S/C52H34N2.C6H10/c1-2-14-35(15-3-1)37-18-12-19-40(32-37)53-48-25-9-8-23-45(48)47-33-38(29-31-51(47)53)39-28-30-46-44-22-7-11-27-50(44)54(52(46)34-39)49-26-10-6-21-43(49)42-24-13-17-36-16-4-5-20-41(36)42;1-3-5-6-4-2/h1-34H;3-6H,1-2H3/b;5-3-,6-4-. The van der Waals surface area contributed by atoms with E-state index in [0.29, 0.717) is 0 Å². The van der Waals surface area contributed by atoms with Gasteiger partial charge < -0.3 is 9.13 Å². The number of nitrogens with zero attached hydrogens (tertiary/aromatic N) is 2. The summed E-state index contributed by atoms with van der Waals surface area (Å²) in [6.07, 6.45) is 8.00. The number of para-hydroxylation sites is 3. The van der Waals surface area contributed by atoms with E-state index in [2.05, 4.69) is 215 Å². The van der Waals surface area contributed by atoms with Crippen LogP contribution in [0.25, 0.3) is 99.1 Å². The fraction of sp³-hybridized carbons (Fsp3) is 0.0345. The van der Waals surface area contributed by atoms with Crippen LogP contribution in [-0.4, -0.2) is 9.13 Å². The second-order valence-corrected chi connectivity index (χ2v) is 15.2. The van der Waals surface area contributed by atoms with Crippen molar-refractivity contribution in [1.29, 1.82) is 0 Å². The molecular weight excluding hydrogens is 725 g/mol. The van der Waals surface area contributed by atoms with Crippen molar-refractivity contribution in [2.45, 2.75) is 13.8 Å². The van der Waals surface area contributed by atoms with Crippen LogP contribution in [0.1, 0.15) is 13.8 Å². The van der Waals surface area contributed by atoms with Gasteiger partial charge in [-0.1, -0.05) is 182 Å². The van der Waals surface area contributed by atoms with Crippen molar-refractivity contribution in [3.8, 4) is 44.8 Å². The summed E-state index contributed by atoms with van der Waals surface area (Å²) in [4.78, 5) is 0. The average molecular weight is 769 g/mol. The van der Waals surface area contributed by atoms with E-state index < -0.39 is 0 Å². The smallest absolute Gasteiger partial charge is 0.0547 e. The topological polar surface area (TPSA) is 9.86 Å². The van der Waals surface area contributed by atoms with Gasteiger partial charge in [0.15, 0.2) is 0 Å². The highest BCUT2D eigenvalue weighted by molar-refractivity contribution is 6.13. The van der Waals surface area contributed by atoms with Crippen LogP contribution in [0.3, 0.4) is 0 Å². The first kappa shape index (κ1) is 36.6. The molecule has 0 fully saturated rings. The summed E-state index contributed by atoms with van der Waals surface area (Å²) in [5.41, 5.74) is 14.4. The maximum absolute atomic E-state index is 2.47. The summed E-state index contributed by atoms with van der Waals surface area (Å²) in [5.74, 6) is 0. The van der Waals surface area contributed by atoms with E-state index in [-0.39, 0.29) is 0 Å². The number of rotatable bonds is 6. The highest BCUT2D eigenvalue weighted by Crippen LogP contribution is 2.41. The van der Waals surface area contributed by atoms with Gasteiger partial charge in [0, 0.05) is 32.8 Å². The molecule has 0 unspecified atom stereocenters. The van der Waals surface area contributed by atoms with Crippen LogP contribution in [0.15, 0.2) is 231 Å². The minimum absolute atomic E-state index is 1.16. The number of allylic oxidation sites excluding steroid dienone is 4. The zero-order valence-electron chi connectivity index (χ0n) is 33.8. The minimum atomic E-state index is 1.16. The summed E-state index contributed by atoms with van der Waals surface area (Å²) in [6, 6.07) is 75.2. The number of aromatic nitrogens is 2. The lowest BCUT2D eigenvalue weighted by molar-refractivity contribution is 1.18. The van der Waals surface area contributed by atoms with Crippen LogP contribution in [0, 0.1) is 0 Å². The Morgan fingerprint density at radius 1 is 0.317 bits per heavy atom. The normalized spacial score (nSPS) is 11.7. The molecular formula is C58H44N2. The van der Waals surface area contributed by atoms with Crippen LogP contribution in [0.2, 0.25) is 0 Å². The molecule has 2 aromatic heterocycles. The van der Waals surface area contributed by atoms with Gasteiger partial charge in [0.2, 0.25) is 0 Å². The minimum Gasteiger partial charge on any atom is -0.309 e. The molecule has 286 valence electrons. The number of hydrogen-bond donors (Lipinski definition) is 0. The van der Waals surface area contributed by atoms with Crippen LogP contribution in [-0.2, 0) is 0 Å². The van der Waals surface area contributed by atoms with Gasteiger partial charge in [-0.2, -0.15) is 0 Å². The van der Waals surface area contributed by atoms with Crippen LogP contribution in [0.5, 0.6) is 0 Å². The molecule has 0 atom stereocenters. The molecule has 60 heavy (non-hydrogen) atoms. The van der Waals surface area contributed by atoms with E-state index in [9.17, 15) is 0 Å². The zero-order valence-corrected chi connectivity index (χ0v) is 33.8. The van der Waals surface area contributed by atoms with Crippen molar-refractivity contribution in [2.24, 2.45) is 0 Å². The van der Waals surface area contributed by atoms with E-state index in [1.807, 2.05) is 38.2 Å². The van der Waals surface area contributed by atoms with Gasteiger partial charge in [-0.15, -0.1) is 0 Å². The number of hydrogen-bond acceptors (Lipinski definition) is 0. The lowest BCUT2D eigenvalue weighted by atomic mass is 9.97. The molecule has 0 spiro atoms. The van der Waals surface area contributed by atoms with Gasteiger partial charge in [0.05, 0.1) is 27.8 Å². The maximum Gasteiger partial charge on any atom is 0.0547 e. The van der Waals surface area contributed by atoms with Gasteiger partial charge in [-0.3, -0.25) is 0 Å². The lowest BCUT2D eigenvalue weighted by Crippen LogP contribution is -1.97. The molecule has 0 saturated heterocycles. The second-order valence-electron chi connectivity index (χ2n) is 15.2. The van der Waals surface area contributed by atoms with Crippen LogP contribution >= 0.6 is 0 Å². The Kier molecular flexibility index (Phi) is 9.73. The molecule has 0 aliphatic rings. The van der Waals surface area contributed by atoms with E-state index >= 15 is 0 Å². The summed E-state index contributed by atoms with van der Waals surface area (Å²) in [7, 11) is 0. The molecule has 11 rings (SSSR count). The molecule has 0 bridgehead atoms. The molecule has 2 nitrogen and oxygen atoms in total. The highest BCUT2D eigenvalue weighted by atomic mass is 15.0. The molecule has 2 heterocycles. The van der Waals surface area contributed by atoms with E-state index in [1.165, 1.54) is 93.5 Å². The maximum atomic E-state index is 2.47.